The van der Waals surface area contributed by atoms with Crippen molar-refractivity contribution in [1.82, 2.24) is 0 Å². The number of hydrogen-bond donors (Lipinski definition) is 0. The van der Waals surface area contributed by atoms with E-state index < -0.39 is 0 Å². The van der Waals surface area contributed by atoms with Gasteiger partial charge in [-0.05, 0) is 11.1 Å². The third-order valence-corrected chi connectivity index (χ3v) is 4.19. The minimum absolute atomic E-state index is 0. The van der Waals surface area contributed by atoms with Gasteiger partial charge in [0.05, 0.1) is 0 Å². The van der Waals surface area contributed by atoms with Crippen molar-refractivity contribution in [2.24, 2.45) is 0 Å². The van der Waals surface area contributed by atoms with E-state index in [2.05, 4.69) is 99.8 Å². The van der Waals surface area contributed by atoms with Gasteiger partial charge in [-0.2, -0.15) is 0 Å². The summed E-state index contributed by atoms with van der Waals surface area (Å²) < 4.78 is 0. The van der Waals surface area contributed by atoms with E-state index in [1.165, 1.54) is 56.4 Å². The molecule has 2 aliphatic rings. The van der Waals surface area contributed by atoms with Crippen LogP contribution in [-0.2, 0) is 23.0 Å². The van der Waals surface area contributed by atoms with E-state index in [4.69, 9.17) is 0 Å². The first kappa shape index (κ1) is 29.1. The van der Waals surface area contributed by atoms with Crippen molar-refractivity contribution in [3.63, 3.8) is 0 Å². The molecule has 0 bridgehead atoms. The fraction of sp³-hybridized carbons (Fsp3) is 0.231. The maximum atomic E-state index is 3.29. The van der Waals surface area contributed by atoms with Gasteiger partial charge in [0.25, 0.3) is 0 Å². The SMILES string of the molecule is CC1=[C-]CC(c2ccccc2)=C1.CC1=[C-]CC(c2ccccc2)=C1.C[Si](C)=[Hf+2].[Cl-].[Cl-]. The van der Waals surface area contributed by atoms with Crippen molar-refractivity contribution in [3.05, 3.63) is 107 Å². The molecule has 0 aliphatic heterocycles. The van der Waals surface area contributed by atoms with Crippen molar-refractivity contribution < 1.29 is 47.8 Å². The second-order valence-corrected chi connectivity index (χ2v) is 19.9. The van der Waals surface area contributed by atoms with Gasteiger partial charge in [-0.25, -0.2) is 23.3 Å². The summed E-state index contributed by atoms with van der Waals surface area (Å²) in [5.41, 5.74) is 8.18. The van der Waals surface area contributed by atoms with Gasteiger partial charge in [0, 0.05) is 0 Å². The second kappa shape index (κ2) is 15.8. The number of halogens is 2. The fourth-order valence-corrected chi connectivity index (χ4v) is 2.87. The van der Waals surface area contributed by atoms with Gasteiger partial charge in [0.2, 0.25) is 0 Å². The van der Waals surface area contributed by atoms with Gasteiger partial charge in [0.15, 0.2) is 0 Å². The Labute approximate surface area is 210 Å². The van der Waals surface area contributed by atoms with Gasteiger partial charge >= 0.3 is 41.6 Å². The molecule has 0 saturated carbocycles. The van der Waals surface area contributed by atoms with Gasteiger partial charge in [-0.1, -0.05) is 74.5 Å². The first-order chi connectivity index (χ1) is 13.5. The van der Waals surface area contributed by atoms with E-state index in [0.717, 1.165) is 12.8 Å². The van der Waals surface area contributed by atoms with Crippen LogP contribution in [0.15, 0.2) is 84.0 Å². The summed E-state index contributed by atoms with van der Waals surface area (Å²) >= 11 is 1.45. The molecule has 0 nitrogen and oxygen atoms in total. The summed E-state index contributed by atoms with van der Waals surface area (Å²) in [4.78, 5) is 0. The van der Waals surface area contributed by atoms with Crippen LogP contribution in [0.4, 0.5) is 0 Å². The van der Waals surface area contributed by atoms with Gasteiger partial charge in [-0.15, -0.1) is 24.0 Å². The summed E-state index contributed by atoms with van der Waals surface area (Å²) in [5, 5.41) is 0. The minimum Gasteiger partial charge on any atom is -1.00 e. The maximum absolute atomic E-state index is 3.29. The number of allylic oxidation sites excluding steroid dienone is 8. The van der Waals surface area contributed by atoms with Crippen LogP contribution in [0.3, 0.4) is 0 Å². The molecule has 0 saturated heterocycles. The summed E-state index contributed by atoms with van der Waals surface area (Å²) in [6, 6.07) is 21.0. The summed E-state index contributed by atoms with van der Waals surface area (Å²) in [7, 11) is 0. The Bertz CT molecular complexity index is 835. The molecule has 0 amide bonds. The Balaban J connectivity index is 0.000000452. The zero-order valence-electron chi connectivity index (χ0n) is 18.1. The molecule has 0 N–H and O–H groups in total. The molecule has 4 heteroatoms. The third kappa shape index (κ3) is 10.9. The summed E-state index contributed by atoms with van der Waals surface area (Å²) in [6.07, 6.45) is 12.9. The van der Waals surface area contributed by atoms with Crippen molar-refractivity contribution >= 4 is 16.6 Å². The van der Waals surface area contributed by atoms with E-state index in [1.807, 2.05) is 12.1 Å². The molecule has 4 rings (SSSR count). The molecule has 0 aromatic heterocycles. The molecule has 0 atom stereocenters. The fourth-order valence-electron chi connectivity index (χ4n) is 2.87. The smallest absolute Gasteiger partial charge is 1.00 e. The number of benzene rings is 2. The molecule has 156 valence electrons. The van der Waals surface area contributed by atoms with Gasteiger partial charge < -0.3 is 24.8 Å². The van der Waals surface area contributed by atoms with Crippen molar-refractivity contribution in [1.29, 1.82) is 0 Å². The predicted octanol–water partition coefficient (Wildman–Crippen LogP) is 1.24. The summed E-state index contributed by atoms with van der Waals surface area (Å²) in [6.45, 7) is 8.85. The number of hydrogen-bond acceptors (Lipinski definition) is 0. The van der Waals surface area contributed by atoms with Crippen LogP contribution >= 0.6 is 0 Å². The molecule has 2 aromatic rings. The summed E-state index contributed by atoms with van der Waals surface area (Å²) in [5.74, 6) is 0. The van der Waals surface area contributed by atoms with Crippen LogP contribution < -0.4 is 24.8 Å². The van der Waals surface area contributed by atoms with E-state index in [9.17, 15) is 0 Å². The number of rotatable bonds is 2. The normalized spacial score (nSPS) is 13.5. The van der Waals surface area contributed by atoms with Crippen LogP contribution in [0.2, 0.25) is 13.1 Å². The van der Waals surface area contributed by atoms with Crippen LogP contribution in [-0.4, -0.2) is 5.49 Å². The molecule has 0 spiro atoms. The van der Waals surface area contributed by atoms with E-state index >= 15 is 0 Å². The van der Waals surface area contributed by atoms with Crippen molar-refractivity contribution in [2.75, 3.05) is 0 Å². The zero-order valence-corrected chi connectivity index (χ0v) is 24.2. The molecule has 0 heterocycles. The Kier molecular flexibility index (Phi) is 15.3. The molecule has 2 aromatic carbocycles. The molecule has 0 radical (unpaired) electrons. The van der Waals surface area contributed by atoms with Crippen LogP contribution in [0.25, 0.3) is 11.1 Å². The molecule has 30 heavy (non-hydrogen) atoms. The second-order valence-electron chi connectivity index (χ2n) is 7.14. The molecular formula is C26H28Cl2HfSi-2. The average Bonchev–Trinajstić information content (AvgIpc) is 3.32. The molecule has 2 aliphatic carbocycles. The third-order valence-electron chi connectivity index (χ3n) is 4.19. The quantitative estimate of drug-likeness (QED) is 0.352. The van der Waals surface area contributed by atoms with Crippen molar-refractivity contribution in [2.45, 2.75) is 39.8 Å². The van der Waals surface area contributed by atoms with Crippen LogP contribution in [0, 0.1) is 12.2 Å². The Morgan fingerprint density at radius 2 is 0.967 bits per heavy atom. The molecular weight excluding hydrogens is 590 g/mol. The van der Waals surface area contributed by atoms with Crippen LogP contribution in [0.1, 0.15) is 37.8 Å². The van der Waals surface area contributed by atoms with Crippen LogP contribution in [0.5, 0.6) is 0 Å². The zero-order chi connectivity index (χ0) is 20.4. The standard InChI is InChI=1S/2C12H11.C2H6Si.2ClH.Hf/c2*1-10-7-8-12(9-10)11-5-3-2-4-6-11;1-3-2;;;/h2*2-6,9H,8H2,1H3;1-2H3;2*1H;/q2*-1;;;;+2/p-2. The minimum atomic E-state index is 0. The Hall–Kier alpha value is -0.933. The van der Waals surface area contributed by atoms with Crippen molar-refractivity contribution in [3.8, 4) is 0 Å². The van der Waals surface area contributed by atoms with E-state index in [-0.39, 0.29) is 30.3 Å². The van der Waals surface area contributed by atoms with Gasteiger partial charge in [-0.3, -0.25) is 12.2 Å². The largest absolute Gasteiger partial charge is 1.00 e. The van der Waals surface area contributed by atoms with E-state index in [1.54, 1.807) is 0 Å². The maximum Gasteiger partial charge on any atom is -1.00 e. The monoisotopic (exact) mass is 618 g/mol. The Morgan fingerprint density at radius 1 is 0.667 bits per heavy atom. The van der Waals surface area contributed by atoms with E-state index in [0.29, 0.717) is 0 Å². The first-order valence-electron chi connectivity index (χ1n) is 9.64. The molecule has 0 fully saturated rings. The molecule has 0 unspecified atom stereocenters. The first-order valence-corrected chi connectivity index (χ1v) is 17.5. The predicted molar refractivity (Wildman–Crippen MR) is 120 cm³/mol. The topological polar surface area (TPSA) is 0 Å². The average molecular weight is 618 g/mol. The van der Waals surface area contributed by atoms with Gasteiger partial charge in [0.1, 0.15) is 0 Å². The Morgan fingerprint density at radius 3 is 1.20 bits per heavy atom.